The minimum atomic E-state index is 0.357. The van der Waals surface area contributed by atoms with Gasteiger partial charge in [0.05, 0.1) is 6.26 Å². The maximum Gasteiger partial charge on any atom is 0.191 e. The predicted molar refractivity (Wildman–Crippen MR) is 105 cm³/mol. The summed E-state index contributed by atoms with van der Waals surface area (Å²) in [5.41, 5.74) is 0.357. The molecule has 26 heavy (non-hydrogen) atoms. The van der Waals surface area contributed by atoms with Crippen LogP contribution in [0.5, 0.6) is 0 Å². The summed E-state index contributed by atoms with van der Waals surface area (Å²) in [4.78, 5) is 4.84. The molecule has 148 valence electrons. The van der Waals surface area contributed by atoms with E-state index in [2.05, 4.69) is 10.6 Å². The van der Waals surface area contributed by atoms with Crippen molar-refractivity contribution in [1.29, 1.82) is 0 Å². The van der Waals surface area contributed by atoms with Gasteiger partial charge in [0, 0.05) is 52.5 Å². The van der Waals surface area contributed by atoms with Crippen molar-refractivity contribution in [2.75, 3.05) is 46.1 Å². The molecule has 0 unspecified atom stereocenters. The van der Waals surface area contributed by atoms with Gasteiger partial charge in [0.15, 0.2) is 5.96 Å². The molecular weight excluding hydrogens is 330 g/mol. The lowest BCUT2D eigenvalue weighted by molar-refractivity contribution is 0.129. The third kappa shape index (κ3) is 8.23. The Morgan fingerprint density at radius 2 is 1.92 bits per heavy atom. The van der Waals surface area contributed by atoms with E-state index in [0.717, 1.165) is 77.0 Å². The van der Waals surface area contributed by atoms with Crippen molar-refractivity contribution in [3.8, 4) is 0 Å². The lowest BCUT2D eigenvalue weighted by Gasteiger charge is -2.16. The lowest BCUT2D eigenvalue weighted by atomic mass is 10.0. The Labute approximate surface area is 157 Å². The summed E-state index contributed by atoms with van der Waals surface area (Å²) in [6, 6.07) is 3.92. The Bertz CT molecular complexity index is 498. The lowest BCUT2D eigenvalue weighted by Crippen LogP contribution is -2.39. The molecule has 6 heteroatoms. The summed E-state index contributed by atoms with van der Waals surface area (Å²) in [5.74, 6) is 1.87. The van der Waals surface area contributed by atoms with E-state index in [1.54, 1.807) is 6.26 Å². The van der Waals surface area contributed by atoms with E-state index >= 15 is 0 Å². The molecule has 2 rings (SSSR count). The standard InChI is InChI=1S/C20H35N3O3/c1-3-24-14-6-12-21-19(22-13-8-18-7-5-15-26-18)23-17-20(9-10-20)11-16-25-4-2/h5,7,15H,3-4,6,8-14,16-17H2,1-2H3,(H2,21,22,23). The number of nitrogens with zero attached hydrogens (tertiary/aromatic N) is 1. The van der Waals surface area contributed by atoms with Crippen LogP contribution in [-0.4, -0.2) is 52.0 Å². The van der Waals surface area contributed by atoms with Crippen molar-refractivity contribution < 1.29 is 13.9 Å². The molecule has 1 fully saturated rings. The van der Waals surface area contributed by atoms with Gasteiger partial charge in [-0.3, -0.25) is 4.99 Å². The van der Waals surface area contributed by atoms with Crippen molar-refractivity contribution in [3.63, 3.8) is 0 Å². The Kier molecular flexibility index (Phi) is 9.56. The number of aliphatic imine (C=N–C) groups is 1. The number of hydrogen-bond donors (Lipinski definition) is 2. The molecule has 2 N–H and O–H groups in total. The summed E-state index contributed by atoms with van der Waals surface area (Å²) >= 11 is 0. The average Bonchev–Trinajstić information content (AvgIpc) is 3.22. The van der Waals surface area contributed by atoms with E-state index in [0.29, 0.717) is 5.41 Å². The smallest absolute Gasteiger partial charge is 0.191 e. The summed E-state index contributed by atoms with van der Waals surface area (Å²) in [7, 11) is 0. The van der Waals surface area contributed by atoms with Crippen LogP contribution in [0.25, 0.3) is 0 Å². The molecule has 6 nitrogen and oxygen atoms in total. The topological polar surface area (TPSA) is 68.0 Å². The highest BCUT2D eigenvalue weighted by atomic mass is 16.5. The summed E-state index contributed by atoms with van der Waals surface area (Å²) in [6.45, 7) is 9.78. The van der Waals surface area contributed by atoms with Gasteiger partial charge in [0.25, 0.3) is 0 Å². The van der Waals surface area contributed by atoms with Crippen molar-refractivity contribution in [2.45, 2.75) is 46.0 Å². The maximum atomic E-state index is 5.52. The molecule has 1 heterocycles. The Morgan fingerprint density at radius 1 is 1.15 bits per heavy atom. The normalized spacial score (nSPS) is 15.8. The molecule has 0 bridgehead atoms. The molecule has 1 aromatic rings. The van der Waals surface area contributed by atoms with Gasteiger partial charge in [0.2, 0.25) is 0 Å². The first-order valence-electron chi connectivity index (χ1n) is 9.98. The van der Waals surface area contributed by atoms with E-state index in [-0.39, 0.29) is 0 Å². The molecule has 0 aliphatic heterocycles. The van der Waals surface area contributed by atoms with Crippen LogP contribution < -0.4 is 10.6 Å². The molecule has 0 amide bonds. The third-order valence-corrected chi connectivity index (χ3v) is 4.72. The molecule has 0 aromatic carbocycles. The number of hydrogen-bond acceptors (Lipinski definition) is 4. The first-order chi connectivity index (χ1) is 12.8. The Balaban J connectivity index is 1.76. The van der Waals surface area contributed by atoms with E-state index in [9.17, 15) is 0 Å². The molecule has 0 saturated heterocycles. The number of nitrogens with one attached hydrogen (secondary N) is 2. The molecule has 1 saturated carbocycles. The van der Waals surface area contributed by atoms with Crippen LogP contribution in [0.4, 0.5) is 0 Å². The van der Waals surface area contributed by atoms with E-state index in [1.807, 2.05) is 26.0 Å². The van der Waals surface area contributed by atoms with E-state index in [4.69, 9.17) is 18.9 Å². The van der Waals surface area contributed by atoms with Crippen LogP contribution in [0.1, 0.15) is 45.3 Å². The van der Waals surface area contributed by atoms with Crippen molar-refractivity contribution in [1.82, 2.24) is 10.6 Å². The number of ether oxygens (including phenoxy) is 2. The fourth-order valence-corrected chi connectivity index (χ4v) is 2.80. The summed E-state index contributed by atoms with van der Waals surface area (Å²) < 4.78 is 16.3. The Morgan fingerprint density at radius 3 is 2.62 bits per heavy atom. The zero-order chi connectivity index (χ0) is 18.5. The molecule has 1 aliphatic carbocycles. The van der Waals surface area contributed by atoms with Crippen LogP contribution in [0, 0.1) is 5.41 Å². The van der Waals surface area contributed by atoms with Gasteiger partial charge in [-0.1, -0.05) is 0 Å². The van der Waals surface area contributed by atoms with Crippen LogP contribution in [-0.2, 0) is 15.9 Å². The second-order valence-corrected chi connectivity index (χ2v) is 6.85. The largest absolute Gasteiger partial charge is 0.469 e. The number of guanidine groups is 1. The second kappa shape index (κ2) is 12.0. The van der Waals surface area contributed by atoms with Crippen LogP contribution in [0.15, 0.2) is 27.8 Å². The molecule has 0 atom stereocenters. The van der Waals surface area contributed by atoms with Crippen molar-refractivity contribution in [3.05, 3.63) is 24.2 Å². The van der Waals surface area contributed by atoms with Gasteiger partial charge < -0.3 is 24.5 Å². The Hall–Kier alpha value is -1.53. The molecular formula is C20H35N3O3. The van der Waals surface area contributed by atoms with Crippen LogP contribution in [0.3, 0.4) is 0 Å². The van der Waals surface area contributed by atoms with Gasteiger partial charge in [-0.25, -0.2) is 0 Å². The maximum absolute atomic E-state index is 5.52. The van der Waals surface area contributed by atoms with Gasteiger partial charge in [-0.15, -0.1) is 0 Å². The molecule has 0 spiro atoms. The minimum absolute atomic E-state index is 0.357. The zero-order valence-electron chi connectivity index (χ0n) is 16.4. The molecule has 1 aliphatic rings. The summed E-state index contributed by atoms with van der Waals surface area (Å²) in [5, 5.41) is 6.85. The highest BCUT2D eigenvalue weighted by molar-refractivity contribution is 5.79. The first kappa shape index (κ1) is 20.8. The quantitative estimate of drug-likeness (QED) is 0.301. The fourth-order valence-electron chi connectivity index (χ4n) is 2.80. The first-order valence-corrected chi connectivity index (χ1v) is 9.98. The molecule has 0 radical (unpaired) electrons. The summed E-state index contributed by atoms with van der Waals surface area (Å²) in [6.07, 6.45) is 7.16. The van der Waals surface area contributed by atoms with E-state index < -0.39 is 0 Å². The third-order valence-electron chi connectivity index (χ3n) is 4.72. The highest BCUT2D eigenvalue weighted by Gasteiger charge is 2.41. The van der Waals surface area contributed by atoms with Crippen molar-refractivity contribution in [2.24, 2.45) is 10.4 Å². The SMILES string of the molecule is CCOCCCNC(=NCC1(CCOCC)CC1)NCCc1ccco1. The van der Waals surface area contributed by atoms with Crippen molar-refractivity contribution >= 4 is 5.96 Å². The molecule has 1 aromatic heterocycles. The minimum Gasteiger partial charge on any atom is -0.469 e. The van der Waals surface area contributed by atoms with Gasteiger partial charge in [-0.2, -0.15) is 0 Å². The second-order valence-electron chi connectivity index (χ2n) is 6.85. The van der Waals surface area contributed by atoms with Gasteiger partial charge in [-0.05, 0) is 57.1 Å². The average molecular weight is 366 g/mol. The van der Waals surface area contributed by atoms with Crippen LogP contribution >= 0.6 is 0 Å². The van der Waals surface area contributed by atoms with Gasteiger partial charge in [0.1, 0.15) is 5.76 Å². The van der Waals surface area contributed by atoms with Gasteiger partial charge >= 0.3 is 0 Å². The highest BCUT2D eigenvalue weighted by Crippen LogP contribution is 2.48. The number of furan rings is 1. The van der Waals surface area contributed by atoms with E-state index in [1.165, 1.54) is 12.8 Å². The number of rotatable bonds is 14. The van der Waals surface area contributed by atoms with Crippen LogP contribution in [0.2, 0.25) is 0 Å². The monoisotopic (exact) mass is 365 g/mol. The zero-order valence-corrected chi connectivity index (χ0v) is 16.4. The predicted octanol–water partition coefficient (Wildman–Crippen LogP) is 2.99. The fraction of sp³-hybridized carbons (Fsp3) is 0.750.